The molecule has 1 aromatic rings. The topological polar surface area (TPSA) is 64.5 Å². The highest BCUT2D eigenvalue weighted by atomic mass is 35.5. The fourth-order valence-corrected chi connectivity index (χ4v) is 2.63. The van der Waals surface area contributed by atoms with Crippen molar-refractivity contribution in [3.8, 4) is 6.01 Å². The molecule has 2 heterocycles. The summed E-state index contributed by atoms with van der Waals surface area (Å²) in [5.74, 6) is 0.399. The van der Waals surface area contributed by atoms with Crippen molar-refractivity contribution in [2.45, 2.75) is 45.6 Å². The van der Waals surface area contributed by atoms with Crippen molar-refractivity contribution in [3.63, 3.8) is 0 Å². The second-order valence-electron chi connectivity index (χ2n) is 6.73. The van der Waals surface area contributed by atoms with E-state index in [0.29, 0.717) is 24.2 Å². The van der Waals surface area contributed by atoms with Crippen molar-refractivity contribution in [2.24, 2.45) is 5.92 Å². The second kappa shape index (κ2) is 7.81. The first kappa shape index (κ1) is 17.8. The molecule has 1 atom stereocenters. The van der Waals surface area contributed by atoms with Gasteiger partial charge in [0, 0.05) is 19.3 Å². The molecule has 0 spiro atoms. The number of likely N-dealkylation sites (tertiary alicyclic amines) is 1. The second-order valence-corrected chi connectivity index (χ2v) is 7.12. The molecule has 2 rings (SSSR count). The number of nitrogens with zero attached hydrogens (tertiary/aromatic N) is 3. The number of aromatic nitrogens is 2. The van der Waals surface area contributed by atoms with Crippen molar-refractivity contribution >= 4 is 17.7 Å². The molecule has 23 heavy (non-hydrogen) atoms. The Morgan fingerprint density at radius 2 is 2.26 bits per heavy atom. The van der Waals surface area contributed by atoms with Crippen LogP contribution in [0.3, 0.4) is 0 Å². The molecule has 1 amide bonds. The van der Waals surface area contributed by atoms with Crippen molar-refractivity contribution in [3.05, 3.63) is 17.4 Å². The largest absolute Gasteiger partial charge is 0.463 e. The SMILES string of the molecule is CC(C)(C)OC(=O)N1CCCC(CCOc2nccc(Cl)n2)C1. The number of halogens is 1. The van der Waals surface area contributed by atoms with Gasteiger partial charge in [-0.05, 0) is 52.0 Å². The molecule has 1 aliphatic heterocycles. The molecular formula is C16H24ClN3O3. The Kier molecular flexibility index (Phi) is 6.04. The predicted molar refractivity (Wildman–Crippen MR) is 87.7 cm³/mol. The van der Waals surface area contributed by atoms with Crippen molar-refractivity contribution in [2.75, 3.05) is 19.7 Å². The number of hydrogen-bond donors (Lipinski definition) is 0. The van der Waals surface area contributed by atoms with E-state index in [0.717, 1.165) is 25.8 Å². The first-order valence-corrected chi connectivity index (χ1v) is 8.30. The van der Waals surface area contributed by atoms with Gasteiger partial charge in [-0.25, -0.2) is 9.78 Å². The standard InChI is InChI=1S/C16H24ClN3O3/c1-16(2,3)23-15(21)20-9-4-5-12(11-20)7-10-22-14-18-8-6-13(17)19-14/h6,8,12H,4-5,7,9-11H2,1-3H3. The van der Waals surface area contributed by atoms with Crippen LogP contribution in [-0.4, -0.2) is 46.3 Å². The Morgan fingerprint density at radius 1 is 1.48 bits per heavy atom. The first-order valence-electron chi connectivity index (χ1n) is 7.93. The molecule has 0 aromatic carbocycles. The van der Waals surface area contributed by atoms with Gasteiger partial charge in [-0.3, -0.25) is 0 Å². The van der Waals surface area contributed by atoms with Crippen LogP contribution in [0.5, 0.6) is 6.01 Å². The van der Waals surface area contributed by atoms with Gasteiger partial charge < -0.3 is 14.4 Å². The zero-order chi connectivity index (χ0) is 16.9. The van der Waals surface area contributed by atoms with Crippen LogP contribution >= 0.6 is 11.6 Å². The molecule has 0 N–H and O–H groups in total. The number of carbonyl (C=O) groups is 1. The number of hydrogen-bond acceptors (Lipinski definition) is 5. The Bertz CT molecular complexity index is 534. The molecule has 0 saturated carbocycles. The maximum atomic E-state index is 12.1. The van der Waals surface area contributed by atoms with Gasteiger partial charge in [-0.1, -0.05) is 11.6 Å². The fourth-order valence-electron chi connectivity index (χ4n) is 2.50. The molecule has 0 bridgehead atoms. The van der Waals surface area contributed by atoms with Crippen LogP contribution in [0.4, 0.5) is 4.79 Å². The summed E-state index contributed by atoms with van der Waals surface area (Å²) in [6, 6.07) is 1.89. The average Bonchev–Trinajstić information content (AvgIpc) is 2.46. The Morgan fingerprint density at radius 3 is 2.96 bits per heavy atom. The molecule has 1 unspecified atom stereocenters. The smallest absolute Gasteiger partial charge is 0.410 e. The van der Waals surface area contributed by atoms with E-state index in [1.54, 1.807) is 17.2 Å². The normalized spacial score (nSPS) is 18.6. The van der Waals surface area contributed by atoms with Gasteiger partial charge in [-0.2, -0.15) is 4.98 Å². The van der Waals surface area contributed by atoms with E-state index in [2.05, 4.69) is 9.97 Å². The zero-order valence-electron chi connectivity index (χ0n) is 13.9. The summed E-state index contributed by atoms with van der Waals surface area (Å²) >= 11 is 5.79. The first-order chi connectivity index (χ1) is 10.8. The number of carbonyl (C=O) groups excluding carboxylic acids is 1. The maximum absolute atomic E-state index is 12.1. The lowest BCUT2D eigenvalue weighted by Crippen LogP contribution is -2.43. The molecule has 0 radical (unpaired) electrons. The van der Waals surface area contributed by atoms with Crippen molar-refractivity contribution in [1.82, 2.24) is 14.9 Å². The van der Waals surface area contributed by atoms with Crippen molar-refractivity contribution < 1.29 is 14.3 Å². The van der Waals surface area contributed by atoms with Gasteiger partial charge in [0.05, 0.1) is 6.61 Å². The quantitative estimate of drug-likeness (QED) is 0.784. The maximum Gasteiger partial charge on any atom is 0.410 e. The molecule has 1 saturated heterocycles. The van der Waals surface area contributed by atoms with E-state index in [9.17, 15) is 4.79 Å². The summed E-state index contributed by atoms with van der Waals surface area (Å²) in [6.45, 7) is 7.60. The van der Waals surface area contributed by atoms with Crippen LogP contribution < -0.4 is 4.74 Å². The third kappa shape index (κ3) is 6.22. The molecule has 128 valence electrons. The molecule has 1 aromatic heterocycles. The summed E-state index contributed by atoms with van der Waals surface area (Å²) in [6.07, 6.45) is 4.24. The lowest BCUT2D eigenvalue weighted by Gasteiger charge is -2.34. The van der Waals surface area contributed by atoms with E-state index < -0.39 is 5.60 Å². The van der Waals surface area contributed by atoms with Gasteiger partial charge >= 0.3 is 12.1 Å². The van der Waals surface area contributed by atoms with Crippen LogP contribution in [0.15, 0.2) is 12.3 Å². The fraction of sp³-hybridized carbons (Fsp3) is 0.688. The molecular weight excluding hydrogens is 318 g/mol. The average molecular weight is 342 g/mol. The van der Waals surface area contributed by atoms with E-state index in [1.807, 2.05) is 20.8 Å². The summed E-state index contributed by atoms with van der Waals surface area (Å²) in [7, 11) is 0. The summed E-state index contributed by atoms with van der Waals surface area (Å²) in [5, 5.41) is 0.365. The van der Waals surface area contributed by atoms with Crippen LogP contribution in [0, 0.1) is 5.92 Å². The zero-order valence-corrected chi connectivity index (χ0v) is 14.7. The lowest BCUT2D eigenvalue weighted by atomic mass is 9.95. The lowest BCUT2D eigenvalue weighted by molar-refractivity contribution is 0.0154. The van der Waals surface area contributed by atoms with Gasteiger partial charge in [0.15, 0.2) is 0 Å². The third-order valence-corrected chi connectivity index (χ3v) is 3.74. The number of ether oxygens (including phenoxy) is 2. The van der Waals surface area contributed by atoms with E-state index in [1.165, 1.54) is 0 Å². The summed E-state index contributed by atoms with van der Waals surface area (Å²) in [5.41, 5.74) is -0.461. The summed E-state index contributed by atoms with van der Waals surface area (Å²) < 4.78 is 11.0. The predicted octanol–water partition coefficient (Wildman–Crippen LogP) is 3.55. The van der Waals surface area contributed by atoms with Crippen molar-refractivity contribution in [1.29, 1.82) is 0 Å². The molecule has 7 heteroatoms. The Hall–Kier alpha value is -1.56. The number of piperidine rings is 1. The Balaban J connectivity index is 1.76. The number of amides is 1. The van der Waals surface area contributed by atoms with E-state index in [4.69, 9.17) is 21.1 Å². The van der Waals surface area contributed by atoms with Gasteiger partial charge in [0.1, 0.15) is 10.8 Å². The van der Waals surface area contributed by atoms with E-state index in [-0.39, 0.29) is 12.1 Å². The summed E-state index contributed by atoms with van der Waals surface area (Å²) in [4.78, 5) is 21.9. The highest BCUT2D eigenvalue weighted by molar-refractivity contribution is 6.29. The number of rotatable bonds is 4. The van der Waals surface area contributed by atoms with E-state index >= 15 is 0 Å². The highest BCUT2D eigenvalue weighted by Crippen LogP contribution is 2.22. The minimum absolute atomic E-state index is 0.235. The minimum atomic E-state index is -0.461. The van der Waals surface area contributed by atoms with Crippen LogP contribution in [-0.2, 0) is 4.74 Å². The molecule has 1 aliphatic rings. The molecule has 1 fully saturated rings. The van der Waals surface area contributed by atoms with Gasteiger partial charge in [0.25, 0.3) is 0 Å². The van der Waals surface area contributed by atoms with Crippen LogP contribution in [0.25, 0.3) is 0 Å². The highest BCUT2D eigenvalue weighted by Gasteiger charge is 2.27. The van der Waals surface area contributed by atoms with Gasteiger partial charge in [0.2, 0.25) is 0 Å². The molecule has 0 aliphatic carbocycles. The third-order valence-electron chi connectivity index (χ3n) is 3.53. The Labute approximate surface area is 142 Å². The minimum Gasteiger partial charge on any atom is -0.463 e. The molecule has 6 nitrogen and oxygen atoms in total. The monoisotopic (exact) mass is 341 g/mol. The van der Waals surface area contributed by atoms with Crippen LogP contribution in [0.1, 0.15) is 40.0 Å². The van der Waals surface area contributed by atoms with Crippen LogP contribution in [0.2, 0.25) is 5.15 Å². The van der Waals surface area contributed by atoms with Gasteiger partial charge in [-0.15, -0.1) is 0 Å².